The monoisotopic (exact) mass is 317 g/mol. The number of carbonyl (C=O) groups excluding carboxylic acids is 2. The van der Waals surface area contributed by atoms with Crippen LogP contribution in [0.1, 0.15) is 20.7 Å². The van der Waals surface area contributed by atoms with Gasteiger partial charge in [-0.2, -0.15) is 0 Å². The highest BCUT2D eigenvalue weighted by molar-refractivity contribution is 9.09. The summed E-state index contributed by atoms with van der Waals surface area (Å²) in [6.45, 7) is 0. The van der Waals surface area contributed by atoms with Crippen LogP contribution in [0.3, 0.4) is 0 Å². The molecule has 96 valence electrons. The molecule has 2 aromatic carbocycles. The van der Waals surface area contributed by atoms with Crippen molar-refractivity contribution in [1.82, 2.24) is 0 Å². The predicted octanol–water partition coefficient (Wildman–Crippen LogP) is 3.52. The third-order valence-electron chi connectivity index (χ3n) is 2.62. The Bertz CT molecular complexity index is 579. The fourth-order valence-corrected chi connectivity index (χ4v) is 1.93. The highest BCUT2D eigenvalue weighted by atomic mass is 79.9. The van der Waals surface area contributed by atoms with Crippen molar-refractivity contribution in [2.24, 2.45) is 0 Å². The van der Waals surface area contributed by atoms with Gasteiger partial charge in [-0.1, -0.05) is 34.1 Å². The molecule has 0 saturated heterocycles. The van der Waals surface area contributed by atoms with Crippen LogP contribution in [0, 0.1) is 0 Å². The summed E-state index contributed by atoms with van der Waals surface area (Å²) in [5, 5.41) is 3.07. The minimum atomic E-state index is -0.167. The van der Waals surface area contributed by atoms with Crippen LogP contribution in [0.2, 0.25) is 0 Å². The summed E-state index contributed by atoms with van der Waals surface area (Å²) in [5.74, 6) is -0.152. The average molecular weight is 318 g/mol. The van der Waals surface area contributed by atoms with Gasteiger partial charge in [0.2, 0.25) is 0 Å². The molecule has 0 bridgehead atoms. The van der Waals surface area contributed by atoms with Gasteiger partial charge in [0.05, 0.1) is 5.33 Å². The second-order valence-electron chi connectivity index (χ2n) is 3.95. The molecule has 0 unspecified atom stereocenters. The number of amides is 1. The molecule has 0 saturated carbocycles. The Morgan fingerprint density at radius 1 is 0.895 bits per heavy atom. The van der Waals surface area contributed by atoms with Crippen molar-refractivity contribution < 1.29 is 9.59 Å². The van der Waals surface area contributed by atoms with E-state index in [0.29, 0.717) is 22.1 Å². The Morgan fingerprint density at radius 2 is 1.53 bits per heavy atom. The fourth-order valence-electron chi connectivity index (χ4n) is 1.61. The Morgan fingerprint density at radius 3 is 2.11 bits per heavy atom. The van der Waals surface area contributed by atoms with Crippen molar-refractivity contribution in [2.45, 2.75) is 0 Å². The quantitative estimate of drug-likeness (QED) is 0.692. The Labute approximate surface area is 119 Å². The molecule has 0 heterocycles. The lowest BCUT2D eigenvalue weighted by molar-refractivity contribution is 0.101. The molecule has 19 heavy (non-hydrogen) atoms. The first-order valence-electron chi connectivity index (χ1n) is 5.76. The molecular formula is C15H12BrNO2. The largest absolute Gasteiger partial charge is 0.322 e. The number of alkyl halides is 1. The molecule has 4 heteroatoms. The minimum Gasteiger partial charge on any atom is -0.322 e. The standard InChI is InChI=1S/C15H12BrNO2/c16-10-14(18)11-6-8-13(9-7-11)17-15(19)12-4-2-1-3-5-12/h1-9H,10H2,(H,17,19). The van der Waals surface area contributed by atoms with Gasteiger partial charge in [-0.15, -0.1) is 0 Å². The molecule has 0 radical (unpaired) electrons. The maximum atomic E-state index is 11.9. The number of benzene rings is 2. The third-order valence-corrected chi connectivity index (χ3v) is 3.13. The molecule has 0 aliphatic carbocycles. The van der Waals surface area contributed by atoms with Crippen molar-refractivity contribution in [3.63, 3.8) is 0 Å². The van der Waals surface area contributed by atoms with Gasteiger partial charge in [0.1, 0.15) is 0 Å². The SMILES string of the molecule is O=C(CBr)c1ccc(NC(=O)c2ccccc2)cc1. The van der Waals surface area contributed by atoms with E-state index in [0.717, 1.165) is 0 Å². The molecule has 2 aromatic rings. The van der Waals surface area contributed by atoms with E-state index in [1.165, 1.54) is 0 Å². The van der Waals surface area contributed by atoms with Gasteiger partial charge >= 0.3 is 0 Å². The van der Waals surface area contributed by atoms with Crippen molar-refractivity contribution in [1.29, 1.82) is 0 Å². The van der Waals surface area contributed by atoms with Gasteiger partial charge in [0.25, 0.3) is 5.91 Å². The molecule has 0 aliphatic heterocycles. The molecule has 0 aromatic heterocycles. The topological polar surface area (TPSA) is 46.2 Å². The molecule has 0 aliphatic rings. The molecule has 1 amide bonds. The second kappa shape index (κ2) is 6.29. The van der Waals surface area contributed by atoms with Crippen LogP contribution < -0.4 is 5.32 Å². The smallest absolute Gasteiger partial charge is 0.255 e. The van der Waals surface area contributed by atoms with E-state index in [1.807, 2.05) is 18.2 Å². The van der Waals surface area contributed by atoms with Crippen molar-refractivity contribution in [2.75, 3.05) is 10.6 Å². The van der Waals surface area contributed by atoms with Gasteiger partial charge in [0, 0.05) is 16.8 Å². The summed E-state index contributed by atoms with van der Waals surface area (Å²) >= 11 is 3.12. The third kappa shape index (κ3) is 3.51. The van der Waals surface area contributed by atoms with E-state index < -0.39 is 0 Å². The minimum absolute atomic E-state index is 0.0148. The van der Waals surface area contributed by atoms with E-state index in [1.54, 1.807) is 36.4 Å². The van der Waals surface area contributed by atoms with Crippen LogP contribution in [0.15, 0.2) is 54.6 Å². The summed E-state index contributed by atoms with van der Waals surface area (Å²) in [5.41, 5.74) is 1.89. The number of ketones is 1. The zero-order valence-electron chi connectivity index (χ0n) is 10.1. The summed E-state index contributed by atoms with van der Waals surface area (Å²) in [6.07, 6.45) is 0. The van der Waals surface area contributed by atoms with Crippen LogP contribution in [0.5, 0.6) is 0 Å². The van der Waals surface area contributed by atoms with Crippen LogP contribution in [0.4, 0.5) is 5.69 Å². The number of nitrogens with one attached hydrogen (secondary N) is 1. The molecule has 0 atom stereocenters. The summed E-state index contributed by atoms with van der Waals surface area (Å²) in [6, 6.07) is 15.8. The highest BCUT2D eigenvalue weighted by Crippen LogP contribution is 2.12. The van der Waals surface area contributed by atoms with Crippen LogP contribution >= 0.6 is 15.9 Å². The van der Waals surface area contributed by atoms with E-state index in [9.17, 15) is 9.59 Å². The molecular weight excluding hydrogens is 306 g/mol. The van der Waals surface area contributed by atoms with Gasteiger partial charge in [-0.05, 0) is 36.4 Å². The molecule has 3 nitrogen and oxygen atoms in total. The Balaban J connectivity index is 2.08. The van der Waals surface area contributed by atoms with Crippen LogP contribution in [-0.4, -0.2) is 17.0 Å². The number of hydrogen-bond donors (Lipinski definition) is 1. The molecule has 0 fully saturated rings. The highest BCUT2D eigenvalue weighted by Gasteiger charge is 2.06. The first-order valence-corrected chi connectivity index (χ1v) is 6.88. The molecule has 1 N–H and O–H groups in total. The number of carbonyl (C=O) groups is 2. The van der Waals surface area contributed by atoms with E-state index >= 15 is 0 Å². The van der Waals surface area contributed by atoms with Gasteiger partial charge in [-0.25, -0.2) is 0 Å². The van der Waals surface area contributed by atoms with Crippen LogP contribution in [-0.2, 0) is 0 Å². The summed E-state index contributed by atoms with van der Waals surface area (Å²) in [7, 11) is 0. The normalized spacial score (nSPS) is 9.95. The lowest BCUT2D eigenvalue weighted by atomic mass is 10.1. The first-order chi connectivity index (χ1) is 9.20. The van der Waals surface area contributed by atoms with E-state index in [4.69, 9.17) is 0 Å². The number of rotatable bonds is 4. The zero-order valence-corrected chi connectivity index (χ0v) is 11.7. The second-order valence-corrected chi connectivity index (χ2v) is 4.52. The molecule has 0 spiro atoms. The zero-order chi connectivity index (χ0) is 13.7. The van der Waals surface area contributed by atoms with Gasteiger partial charge in [0.15, 0.2) is 5.78 Å². The number of Topliss-reactive ketones (excluding diaryl/α,β-unsaturated/α-hetero) is 1. The maximum Gasteiger partial charge on any atom is 0.255 e. The predicted molar refractivity (Wildman–Crippen MR) is 79.0 cm³/mol. The van der Waals surface area contributed by atoms with E-state index in [-0.39, 0.29) is 11.7 Å². The maximum absolute atomic E-state index is 11.9. The fraction of sp³-hybridized carbons (Fsp3) is 0.0667. The number of halogens is 1. The number of hydrogen-bond acceptors (Lipinski definition) is 2. The van der Waals surface area contributed by atoms with Crippen molar-refractivity contribution in [3.8, 4) is 0 Å². The van der Waals surface area contributed by atoms with Crippen LogP contribution in [0.25, 0.3) is 0 Å². The van der Waals surface area contributed by atoms with E-state index in [2.05, 4.69) is 21.2 Å². The lowest BCUT2D eigenvalue weighted by Crippen LogP contribution is -2.11. The van der Waals surface area contributed by atoms with Gasteiger partial charge < -0.3 is 5.32 Å². The number of anilines is 1. The lowest BCUT2D eigenvalue weighted by Gasteiger charge is -2.05. The average Bonchev–Trinajstić information content (AvgIpc) is 2.48. The molecule has 2 rings (SSSR count). The van der Waals surface area contributed by atoms with Gasteiger partial charge in [-0.3, -0.25) is 9.59 Å². The van der Waals surface area contributed by atoms with Crippen molar-refractivity contribution in [3.05, 3.63) is 65.7 Å². The first kappa shape index (κ1) is 13.5. The van der Waals surface area contributed by atoms with Crippen molar-refractivity contribution >= 4 is 33.3 Å². The Hall–Kier alpha value is -1.94. The summed E-state index contributed by atoms with van der Waals surface area (Å²) < 4.78 is 0. The summed E-state index contributed by atoms with van der Waals surface area (Å²) in [4.78, 5) is 23.3. The Kier molecular flexibility index (Phi) is 4.47.